The maximum atomic E-state index is 13.5. The van der Waals surface area contributed by atoms with E-state index in [1.165, 1.54) is 12.1 Å². The highest BCUT2D eigenvalue weighted by Gasteiger charge is 2.17. The molecule has 0 aliphatic heterocycles. The Kier molecular flexibility index (Phi) is 5.13. The summed E-state index contributed by atoms with van der Waals surface area (Å²) in [6.07, 6.45) is 8.35. The van der Waals surface area contributed by atoms with Crippen molar-refractivity contribution in [2.24, 2.45) is 0 Å². The van der Waals surface area contributed by atoms with Crippen molar-refractivity contribution < 1.29 is 13.9 Å². The molecule has 0 saturated heterocycles. The molecule has 156 valence electrons. The largest absolute Gasteiger partial charge is 0.457 e. The van der Waals surface area contributed by atoms with Crippen LogP contribution in [0.25, 0.3) is 27.9 Å². The smallest absolute Gasteiger partial charge is 0.338 e. The lowest BCUT2D eigenvalue weighted by molar-refractivity contribution is 0.0472. The highest BCUT2D eigenvalue weighted by molar-refractivity contribution is 5.92. The number of esters is 1. The van der Waals surface area contributed by atoms with E-state index in [0.29, 0.717) is 5.56 Å². The van der Waals surface area contributed by atoms with Crippen molar-refractivity contribution >= 4 is 11.5 Å². The maximum Gasteiger partial charge on any atom is 0.338 e. The number of rotatable bonds is 5. The zero-order valence-corrected chi connectivity index (χ0v) is 16.9. The van der Waals surface area contributed by atoms with Gasteiger partial charge in [0, 0.05) is 42.1 Å². The Bertz CT molecular complexity index is 1380. The first-order valence-corrected chi connectivity index (χ1v) is 9.94. The molecule has 0 aliphatic carbocycles. The molecule has 5 rings (SSSR count). The van der Waals surface area contributed by atoms with Gasteiger partial charge >= 0.3 is 5.97 Å². The van der Waals surface area contributed by atoms with Gasteiger partial charge in [0.15, 0.2) is 0 Å². The van der Waals surface area contributed by atoms with Gasteiger partial charge in [-0.05, 0) is 71.8 Å². The van der Waals surface area contributed by atoms with E-state index >= 15 is 0 Å². The van der Waals surface area contributed by atoms with E-state index in [4.69, 9.17) is 9.84 Å². The summed E-state index contributed by atoms with van der Waals surface area (Å²) in [5.74, 6) is -0.719. The predicted octanol–water partition coefficient (Wildman–Crippen LogP) is 4.95. The highest BCUT2D eigenvalue weighted by Crippen LogP contribution is 2.35. The monoisotopic (exact) mass is 424 g/mol. The number of carbonyl (C=O) groups excluding carboxylic acids is 1. The summed E-state index contributed by atoms with van der Waals surface area (Å²) >= 11 is 0. The van der Waals surface area contributed by atoms with Crippen LogP contribution in [0.15, 0.2) is 91.6 Å². The minimum atomic E-state index is -0.415. The van der Waals surface area contributed by atoms with Crippen LogP contribution >= 0.6 is 0 Å². The molecule has 0 radical (unpaired) electrons. The van der Waals surface area contributed by atoms with E-state index in [-0.39, 0.29) is 12.4 Å². The topological polar surface area (TPSA) is 69.4 Å². The van der Waals surface area contributed by atoms with Gasteiger partial charge in [-0.1, -0.05) is 0 Å². The SMILES string of the molecule is O=C(OCc1ccn2nc(-c3ccc(F)cc3)c(-c3ccncc3)c2c1)c1ccncc1. The van der Waals surface area contributed by atoms with Crippen LogP contribution in [0.1, 0.15) is 15.9 Å². The third-order valence-corrected chi connectivity index (χ3v) is 5.07. The molecule has 5 aromatic rings. The van der Waals surface area contributed by atoms with Crippen LogP contribution in [-0.4, -0.2) is 25.6 Å². The molecule has 0 atom stereocenters. The molecule has 7 heteroatoms. The van der Waals surface area contributed by atoms with Gasteiger partial charge in [0.25, 0.3) is 0 Å². The zero-order valence-electron chi connectivity index (χ0n) is 16.9. The van der Waals surface area contributed by atoms with Crippen molar-refractivity contribution in [3.8, 4) is 22.4 Å². The molecule has 32 heavy (non-hydrogen) atoms. The lowest BCUT2D eigenvalue weighted by atomic mass is 10.00. The zero-order chi connectivity index (χ0) is 21.9. The number of pyridine rings is 3. The van der Waals surface area contributed by atoms with Crippen LogP contribution in [0.5, 0.6) is 0 Å². The summed E-state index contributed by atoms with van der Waals surface area (Å²) in [7, 11) is 0. The number of fused-ring (bicyclic) bond motifs is 1. The molecule has 0 bridgehead atoms. The first kappa shape index (κ1) is 19.6. The molecule has 6 nitrogen and oxygen atoms in total. The Morgan fingerprint density at radius 3 is 2.28 bits per heavy atom. The standard InChI is InChI=1S/C25H17FN4O2/c26-21-3-1-19(2-4-21)24-23(18-5-10-27-11-6-18)22-15-17(9-14-30(22)29-24)16-32-25(31)20-7-12-28-13-8-20/h1-15H,16H2. The number of benzene rings is 1. The van der Waals surface area contributed by atoms with Crippen LogP contribution in [0.3, 0.4) is 0 Å². The molecule has 1 aromatic carbocycles. The number of nitrogens with zero attached hydrogens (tertiary/aromatic N) is 4. The highest BCUT2D eigenvalue weighted by atomic mass is 19.1. The van der Waals surface area contributed by atoms with Gasteiger partial charge < -0.3 is 4.74 Å². The van der Waals surface area contributed by atoms with E-state index in [9.17, 15) is 9.18 Å². The molecule has 4 heterocycles. The fraction of sp³-hybridized carbons (Fsp3) is 0.0400. The predicted molar refractivity (Wildman–Crippen MR) is 117 cm³/mol. The number of hydrogen-bond donors (Lipinski definition) is 0. The van der Waals surface area contributed by atoms with Gasteiger partial charge in [-0.2, -0.15) is 5.10 Å². The number of halogens is 1. The van der Waals surface area contributed by atoms with Gasteiger partial charge in [-0.15, -0.1) is 0 Å². The van der Waals surface area contributed by atoms with Crippen LogP contribution in [0, 0.1) is 5.82 Å². The fourth-order valence-electron chi connectivity index (χ4n) is 3.51. The summed E-state index contributed by atoms with van der Waals surface area (Å²) in [6.45, 7) is 0.116. The van der Waals surface area contributed by atoms with Crippen LogP contribution in [-0.2, 0) is 11.3 Å². The summed E-state index contributed by atoms with van der Waals surface area (Å²) < 4.78 is 20.7. The van der Waals surface area contributed by atoms with Crippen molar-refractivity contribution in [3.63, 3.8) is 0 Å². The lowest BCUT2D eigenvalue weighted by Gasteiger charge is -2.07. The Balaban J connectivity index is 1.54. The van der Waals surface area contributed by atoms with Gasteiger partial charge in [-0.25, -0.2) is 13.7 Å². The average molecular weight is 424 g/mol. The Morgan fingerprint density at radius 1 is 0.875 bits per heavy atom. The molecule has 0 fully saturated rings. The molecular formula is C25H17FN4O2. The minimum absolute atomic E-state index is 0.116. The second-order valence-electron chi connectivity index (χ2n) is 7.14. The molecule has 0 N–H and O–H groups in total. The van der Waals surface area contributed by atoms with Crippen LogP contribution < -0.4 is 0 Å². The summed E-state index contributed by atoms with van der Waals surface area (Å²) in [5, 5.41) is 4.73. The summed E-state index contributed by atoms with van der Waals surface area (Å²) in [6, 6.07) is 17.1. The number of carbonyl (C=O) groups is 1. The van der Waals surface area contributed by atoms with Crippen molar-refractivity contribution in [2.75, 3.05) is 0 Å². The minimum Gasteiger partial charge on any atom is -0.457 e. The Morgan fingerprint density at radius 2 is 1.56 bits per heavy atom. The molecular weight excluding hydrogens is 407 g/mol. The first-order chi connectivity index (χ1) is 15.7. The molecule has 0 aliphatic rings. The van der Waals surface area contributed by atoms with Gasteiger partial charge in [-0.3, -0.25) is 9.97 Å². The van der Waals surface area contributed by atoms with Crippen molar-refractivity contribution in [1.82, 2.24) is 19.6 Å². The third kappa shape index (κ3) is 3.83. The second kappa shape index (κ2) is 8.39. The Hall–Kier alpha value is -4.39. The van der Waals surface area contributed by atoms with Crippen molar-refractivity contribution in [3.05, 3.63) is 109 Å². The second-order valence-corrected chi connectivity index (χ2v) is 7.14. The molecule has 0 saturated carbocycles. The summed E-state index contributed by atoms with van der Waals surface area (Å²) in [5.41, 5.74) is 5.45. The van der Waals surface area contributed by atoms with E-state index in [2.05, 4.69) is 9.97 Å². The number of aromatic nitrogens is 4. The van der Waals surface area contributed by atoms with Crippen molar-refractivity contribution in [2.45, 2.75) is 6.61 Å². The maximum absolute atomic E-state index is 13.5. The Labute approximate surface area is 183 Å². The van der Waals surface area contributed by atoms with Gasteiger partial charge in [0.2, 0.25) is 0 Å². The number of hydrogen-bond acceptors (Lipinski definition) is 5. The average Bonchev–Trinajstić information content (AvgIpc) is 3.23. The van der Waals surface area contributed by atoms with E-state index in [1.807, 2.05) is 30.5 Å². The van der Waals surface area contributed by atoms with Gasteiger partial charge in [0.1, 0.15) is 18.1 Å². The van der Waals surface area contributed by atoms with Crippen LogP contribution in [0.2, 0.25) is 0 Å². The molecule has 4 aromatic heterocycles. The van der Waals surface area contributed by atoms with E-state index in [0.717, 1.165) is 33.5 Å². The molecule has 0 amide bonds. The summed E-state index contributed by atoms with van der Waals surface area (Å²) in [4.78, 5) is 20.3. The third-order valence-electron chi connectivity index (χ3n) is 5.07. The van der Waals surface area contributed by atoms with Gasteiger partial charge in [0.05, 0.1) is 11.1 Å². The normalized spacial score (nSPS) is 10.9. The molecule has 0 spiro atoms. The lowest BCUT2D eigenvalue weighted by Crippen LogP contribution is -2.05. The first-order valence-electron chi connectivity index (χ1n) is 9.94. The number of ether oxygens (including phenoxy) is 1. The van der Waals surface area contributed by atoms with Crippen molar-refractivity contribution in [1.29, 1.82) is 0 Å². The molecule has 0 unspecified atom stereocenters. The van der Waals surface area contributed by atoms with E-state index < -0.39 is 5.97 Å². The quantitative estimate of drug-likeness (QED) is 0.373. The van der Waals surface area contributed by atoms with E-state index in [1.54, 1.807) is 53.6 Å². The van der Waals surface area contributed by atoms with Crippen LogP contribution in [0.4, 0.5) is 4.39 Å². The fourth-order valence-corrected chi connectivity index (χ4v) is 3.51.